The molecule has 1 saturated heterocycles. The number of carbonyl (C=O) groups excluding carboxylic acids is 1. The summed E-state index contributed by atoms with van der Waals surface area (Å²) in [6.07, 6.45) is 7.66. The second-order valence-electron chi connectivity index (χ2n) is 7.09. The topological polar surface area (TPSA) is 65.0 Å². The molecule has 0 radical (unpaired) electrons. The minimum Gasteiger partial charge on any atom is -0.460 e. The maximum Gasteiger partial charge on any atom is 0.312 e. The lowest BCUT2D eigenvalue weighted by atomic mass is 9.95. The predicted molar refractivity (Wildman–Crippen MR) is 93.6 cm³/mol. The summed E-state index contributed by atoms with van der Waals surface area (Å²) in [5.74, 6) is 1.15. The lowest BCUT2D eigenvalue weighted by Gasteiger charge is -2.11. The number of aryl methyl sites for hydroxylation is 1. The fourth-order valence-corrected chi connectivity index (χ4v) is 3.59. The summed E-state index contributed by atoms with van der Waals surface area (Å²) < 4.78 is 15.8. The van der Waals surface area contributed by atoms with Crippen molar-refractivity contribution in [3.63, 3.8) is 0 Å². The molecule has 138 valence electrons. The lowest BCUT2D eigenvalue weighted by molar-refractivity contribution is -0.143. The standard InChI is InChI=1S/C20H28O5/c1-14-19(21)16(20(22)25-14)9-7-5-3-2-4-6-8-15-10-11-17-18(12-15)24-13-23-17/h10-12,14,16,19,21H,2-9,13H2,1H3/t14-,16-,19-/m0/s1. The molecule has 1 aromatic rings. The van der Waals surface area contributed by atoms with Gasteiger partial charge in [-0.15, -0.1) is 0 Å². The van der Waals surface area contributed by atoms with Crippen LogP contribution in [0.5, 0.6) is 11.5 Å². The number of esters is 1. The van der Waals surface area contributed by atoms with Crippen LogP contribution in [0.1, 0.15) is 57.4 Å². The highest BCUT2D eigenvalue weighted by molar-refractivity contribution is 5.75. The van der Waals surface area contributed by atoms with Crippen LogP contribution in [0.25, 0.3) is 0 Å². The number of fused-ring (bicyclic) bond motifs is 1. The molecule has 2 heterocycles. The summed E-state index contributed by atoms with van der Waals surface area (Å²) in [6, 6.07) is 6.18. The summed E-state index contributed by atoms with van der Waals surface area (Å²) in [4.78, 5) is 11.6. The van der Waals surface area contributed by atoms with Gasteiger partial charge in [0.1, 0.15) is 12.2 Å². The number of ether oxygens (including phenoxy) is 3. The summed E-state index contributed by atoms with van der Waals surface area (Å²) in [6.45, 7) is 2.08. The number of rotatable bonds is 9. The van der Waals surface area contributed by atoms with Crippen LogP contribution in [0.4, 0.5) is 0 Å². The highest BCUT2D eigenvalue weighted by Crippen LogP contribution is 2.33. The Labute approximate surface area is 149 Å². The van der Waals surface area contributed by atoms with E-state index in [1.807, 2.05) is 6.07 Å². The zero-order valence-electron chi connectivity index (χ0n) is 14.9. The molecule has 25 heavy (non-hydrogen) atoms. The Bertz CT molecular complexity index is 585. The minimum atomic E-state index is -0.630. The van der Waals surface area contributed by atoms with Crippen molar-refractivity contribution >= 4 is 5.97 Å². The van der Waals surface area contributed by atoms with Gasteiger partial charge < -0.3 is 19.3 Å². The van der Waals surface area contributed by atoms with Crippen molar-refractivity contribution in [1.82, 2.24) is 0 Å². The van der Waals surface area contributed by atoms with Crippen LogP contribution in [0, 0.1) is 5.92 Å². The Morgan fingerprint density at radius 1 is 1.04 bits per heavy atom. The van der Waals surface area contributed by atoms with Crippen LogP contribution >= 0.6 is 0 Å². The number of hydrogen-bond donors (Lipinski definition) is 1. The van der Waals surface area contributed by atoms with E-state index in [0.717, 1.165) is 37.2 Å². The van der Waals surface area contributed by atoms with Crippen LogP contribution in [0.2, 0.25) is 0 Å². The van der Waals surface area contributed by atoms with Gasteiger partial charge in [0.15, 0.2) is 11.5 Å². The van der Waals surface area contributed by atoms with Crippen molar-refractivity contribution in [2.24, 2.45) is 5.92 Å². The molecule has 0 unspecified atom stereocenters. The molecule has 0 aliphatic carbocycles. The molecule has 2 aliphatic heterocycles. The third-order valence-electron chi connectivity index (χ3n) is 5.17. The molecule has 5 nitrogen and oxygen atoms in total. The fraction of sp³-hybridized carbons (Fsp3) is 0.650. The molecule has 0 saturated carbocycles. The molecular weight excluding hydrogens is 320 g/mol. The first kappa shape index (κ1) is 18.1. The average Bonchev–Trinajstić information content (AvgIpc) is 3.15. The van der Waals surface area contributed by atoms with Crippen molar-refractivity contribution in [3.05, 3.63) is 23.8 Å². The monoisotopic (exact) mass is 348 g/mol. The molecule has 0 aromatic heterocycles. The Kier molecular flexibility index (Phi) is 6.19. The van der Waals surface area contributed by atoms with Gasteiger partial charge in [-0.05, 0) is 43.9 Å². The number of benzene rings is 1. The van der Waals surface area contributed by atoms with Crippen molar-refractivity contribution in [2.75, 3.05) is 6.79 Å². The normalized spacial score (nSPS) is 24.6. The van der Waals surface area contributed by atoms with E-state index < -0.39 is 6.10 Å². The molecule has 5 heteroatoms. The van der Waals surface area contributed by atoms with Gasteiger partial charge in [-0.3, -0.25) is 4.79 Å². The molecule has 3 rings (SSSR count). The van der Waals surface area contributed by atoms with Gasteiger partial charge in [-0.1, -0.05) is 38.2 Å². The third-order valence-corrected chi connectivity index (χ3v) is 5.17. The van der Waals surface area contributed by atoms with E-state index in [0.29, 0.717) is 6.79 Å². The first-order valence-electron chi connectivity index (χ1n) is 9.42. The first-order chi connectivity index (χ1) is 12.1. The SMILES string of the molecule is C[C@@H]1OC(=O)[C@@H](CCCCCCCCc2ccc3c(c2)OCO3)[C@H]1O. The van der Waals surface area contributed by atoms with Crippen LogP contribution in [-0.4, -0.2) is 30.1 Å². The number of hydrogen-bond acceptors (Lipinski definition) is 5. The summed E-state index contributed by atoms with van der Waals surface area (Å²) in [7, 11) is 0. The number of carbonyl (C=O) groups is 1. The van der Waals surface area contributed by atoms with Gasteiger partial charge in [0.25, 0.3) is 0 Å². The molecular formula is C20H28O5. The molecule has 1 fully saturated rings. The van der Waals surface area contributed by atoms with E-state index in [4.69, 9.17) is 14.2 Å². The van der Waals surface area contributed by atoms with Gasteiger partial charge in [-0.25, -0.2) is 0 Å². The quantitative estimate of drug-likeness (QED) is 0.545. The third kappa shape index (κ3) is 4.66. The molecule has 3 atom stereocenters. The summed E-state index contributed by atoms with van der Waals surface area (Å²) in [5.41, 5.74) is 1.30. The number of aliphatic hydroxyl groups is 1. The summed E-state index contributed by atoms with van der Waals surface area (Å²) in [5, 5.41) is 9.90. The van der Waals surface area contributed by atoms with E-state index in [1.54, 1.807) is 6.92 Å². The van der Waals surface area contributed by atoms with Crippen molar-refractivity contribution in [1.29, 1.82) is 0 Å². The zero-order valence-corrected chi connectivity index (χ0v) is 14.9. The van der Waals surface area contributed by atoms with Crippen LogP contribution in [0.15, 0.2) is 18.2 Å². The molecule has 2 aliphatic rings. The van der Waals surface area contributed by atoms with Crippen LogP contribution < -0.4 is 9.47 Å². The van der Waals surface area contributed by atoms with Crippen molar-refractivity contribution < 1.29 is 24.1 Å². The highest BCUT2D eigenvalue weighted by Gasteiger charge is 2.40. The van der Waals surface area contributed by atoms with Gasteiger partial charge in [0.2, 0.25) is 6.79 Å². The Morgan fingerprint density at radius 2 is 1.76 bits per heavy atom. The average molecular weight is 348 g/mol. The van der Waals surface area contributed by atoms with Gasteiger partial charge in [0, 0.05) is 0 Å². The smallest absolute Gasteiger partial charge is 0.312 e. The van der Waals surface area contributed by atoms with E-state index in [-0.39, 0.29) is 18.0 Å². The lowest BCUT2D eigenvalue weighted by Crippen LogP contribution is -2.24. The Hall–Kier alpha value is -1.75. The molecule has 1 N–H and O–H groups in total. The maximum absolute atomic E-state index is 11.6. The van der Waals surface area contributed by atoms with Gasteiger partial charge >= 0.3 is 5.97 Å². The number of aliphatic hydroxyl groups excluding tert-OH is 1. The Morgan fingerprint density at radius 3 is 2.52 bits per heavy atom. The first-order valence-corrected chi connectivity index (χ1v) is 9.42. The number of unbranched alkanes of at least 4 members (excludes halogenated alkanes) is 5. The van der Waals surface area contributed by atoms with E-state index >= 15 is 0 Å². The van der Waals surface area contributed by atoms with Crippen molar-refractivity contribution in [2.45, 2.75) is 70.5 Å². The highest BCUT2D eigenvalue weighted by atomic mass is 16.7. The number of cyclic esters (lactones) is 1. The predicted octanol–water partition coefficient (Wildman–Crippen LogP) is 3.61. The zero-order chi connectivity index (χ0) is 17.6. The summed E-state index contributed by atoms with van der Waals surface area (Å²) >= 11 is 0. The largest absolute Gasteiger partial charge is 0.460 e. The van der Waals surface area contributed by atoms with Gasteiger partial charge in [0.05, 0.1) is 5.92 Å². The molecule has 1 aromatic carbocycles. The van der Waals surface area contributed by atoms with E-state index in [1.165, 1.54) is 31.2 Å². The van der Waals surface area contributed by atoms with Crippen LogP contribution in [-0.2, 0) is 16.0 Å². The molecule has 0 spiro atoms. The minimum absolute atomic E-state index is 0.233. The molecule has 0 amide bonds. The fourth-order valence-electron chi connectivity index (χ4n) is 3.59. The molecule has 0 bridgehead atoms. The second kappa shape index (κ2) is 8.56. The van der Waals surface area contributed by atoms with E-state index in [2.05, 4.69) is 12.1 Å². The van der Waals surface area contributed by atoms with E-state index in [9.17, 15) is 9.90 Å². The van der Waals surface area contributed by atoms with Crippen LogP contribution in [0.3, 0.4) is 0 Å². The maximum atomic E-state index is 11.6. The van der Waals surface area contributed by atoms with Crippen molar-refractivity contribution in [3.8, 4) is 11.5 Å². The second-order valence-corrected chi connectivity index (χ2v) is 7.09. The Balaban J connectivity index is 1.23. The van der Waals surface area contributed by atoms with Gasteiger partial charge in [-0.2, -0.15) is 0 Å².